The molecule has 0 aliphatic rings. The highest BCUT2D eigenvalue weighted by molar-refractivity contribution is 5.97. The average molecular weight is 254 g/mol. The number of halogens is 1. The molecular formula is C14H19FO3. The van der Waals surface area contributed by atoms with Crippen molar-refractivity contribution in [2.45, 2.75) is 26.7 Å². The summed E-state index contributed by atoms with van der Waals surface area (Å²) in [7, 11) is 2.89. The number of Topliss-reactive ketones (excluding diaryl/α,β-unsaturated/α-hetero) is 1. The summed E-state index contributed by atoms with van der Waals surface area (Å²) in [4.78, 5) is 12.0. The third-order valence-electron chi connectivity index (χ3n) is 3.00. The molecule has 1 unspecified atom stereocenters. The molecule has 4 heteroatoms. The van der Waals surface area contributed by atoms with Crippen molar-refractivity contribution in [1.82, 2.24) is 0 Å². The molecule has 100 valence electrons. The Morgan fingerprint density at radius 1 is 1.28 bits per heavy atom. The highest BCUT2D eigenvalue weighted by atomic mass is 19.1. The van der Waals surface area contributed by atoms with Gasteiger partial charge in [-0.3, -0.25) is 4.79 Å². The van der Waals surface area contributed by atoms with Crippen LogP contribution in [0.3, 0.4) is 0 Å². The number of carbonyl (C=O) groups excluding carboxylic acids is 1. The molecule has 0 heterocycles. The minimum absolute atomic E-state index is 0.0629. The zero-order valence-electron chi connectivity index (χ0n) is 11.2. The molecule has 0 aliphatic heterocycles. The largest absolute Gasteiger partial charge is 0.493 e. The van der Waals surface area contributed by atoms with Gasteiger partial charge in [-0.1, -0.05) is 20.3 Å². The molecule has 1 atom stereocenters. The second-order valence-electron chi connectivity index (χ2n) is 4.33. The van der Waals surface area contributed by atoms with Gasteiger partial charge in [-0.25, -0.2) is 4.39 Å². The topological polar surface area (TPSA) is 35.5 Å². The first-order valence-electron chi connectivity index (χ1n) is 5.98. The standard InChI is InChI=1S/C14H19FO3/c1-5-9(2)6-12(16)10-7-13(17-3)14(18-4)8-11(10)15/h7-9H,5-6H2,1-4H3. The van der Waals surface area contributed by atoms with Gasteiger partial charge in [0.1, 0.15) is 5.82 Å². The summed E-state index contributed by atoms with van der Waals surface area (Å²) in [6, 6.07) is 2.58. The molecule has 0 saturated heterocycles. The molecule has 1 aromatic rings. The van der Waals surface area contributed by atoms with E-state index < -0.39 is 5.82 Å². The third kappa shape index (κ3) is 3.22. The Morgan fingerprint density at radius 2 is 1.83 bits per heavy atom. The van der Waals surface area contributed by atoms with Crippen LogP contribution in [0.4, 0.5) is 4.39 Å². The Balaban J connectivity index is 3.05. The third-order valence-corrected chi connectivity index (χ3v) is 3.00. The second-order valence-corrected chi connectivity index (χ2v) is 4.33. The van der Waals surface area contributed by atoms with Crippen molar-refractivity contribution < 1.29 is 18.7 Å². The van der Waals surface area contributed by atoms with Crippen LogP contribution in [0.1, 0.15) is 37.0 Å². The fourth-order valence-electron chi connectivity index (χ4n) is 1.64. The Morgan fingerprint density at radius 3 is 2.33 bits per heavy atom. The van der Waals surface area contributed by atoms with Crippen LogP contribution >= 0.6 is 0 Å². The van der Waals surface area contributed by atoms with Gasteiger partial charge in [-0.05, 0) is 12.0 Å². The number of benzene rings is 1. The Hall–Kier alpha value is -1.58. The maximum atomic E-state index is 13.8. The number of hydrogen-bond acceptors (Lipinski definition) is 3. The molecule has 18 heavy (non-hydrogen) atoms. The summed E-state index contributed by atoms with van der Waals surface area (Å²) in [5.74, 6) is 0.121. The van der Waals surface area contributed by atoms with E-state index in [1.807, 2.05) is 13.8 Å². The van der Waals surface area contributed by atoms with E-state index in [4.69, 9.17) is 9.47 Å². The molecule has 0 saturated carbocycles. The summed E-state index contributed by atoms with van der Waals surface area (Å²) < 4.78 is 23.8. The number of methoxy groups -OCH3 is 2. The first-order chi connectivity index (χ1) is 8.53. The van der Waals surface area contributed by atoms with Crippen LogP contribution in [0, 0.1) is 11.7 Å². The molecule has 0 amide bonds. The van der Waals surface area contributed by atoms with Gasteiger partial charge in [-0.15, -0.1) is 0 Å². The van der Waals surface area contributed by atoms with Gasteiger partial charge in [0.25, 0.3) is 0 Å². The highest BCUT2D eigenvalue weighted by Crippen LogP contribution is 2.30. The summed E-state index contributed by atoms with van der Waals surface area (Å²) in [6.45, 7) is 3.97. The first kappa shape index (κ1) is 14.5. The molecule has 1 aromatic carbocycles. The fourth-order valence-corrected chi connectivity index (χ4v) is 1.64. The molecule has 3 nitrogen and oxygen atoms in total. The van der Waals surface area contributed by atoms with Crippen LogP contribution in [0.5, 0.6) is 11.5 Å². The summed E-state index contributed by atoms with van der Waals surface area (Å²) in [5.41, 5.74) is 0.0629. The van der Waals surface area contributed by atoms with Crippen molar-refractivity contribution in [3.8, 4) is 11.5 Å². The lowest BCUT2D eigenvalue weighted by atomic mass is 9.97. The minimum Gasteiger partial charge on any atom is -0.493 e. The predicted octanol–water partition coefficient (Wildman–Crippen LogP) is 3.46. The van der Waals surface area contributed by atoms with Gasteiger partial charge in [0.05, 0.1) is 19.8 Å². The fraction of sp³-hybridized carbons (Fsp3) is 0.500. The van der Waals surface area contributed by atoms with Crippen LogP contribution in [-0.4, -0.2) is 20.0 Å². The first-order valence-corrected chi connectivity index (χ1v) is 5.98. The molecule has 0 N–H and O–H groups in total. The van der Waals surface area contributed by atoms with Crippen molar-refractivity contribution >= 4 is 5.78 Å². The maximum absolute atomic E-state index is 13.8. The quantitative estimate of drug-likeness (QED) is 0.729. The number of hydrogen-bond donors (Lipinski definition) is 0. The van der Waals surface area contributed by atoms with E-state index >= 15 is 0 Å². The van der Waals surface area contributed by atoms with Gasteiger partial charge in [-0.2, -0.15) is 0 Å². The van der Waals surface area contributed by atoms with E-state index in [0.717, 1.165) is 6.42 Å². The van der Waals surface area contributed by atoms with E-state index in [-0.39, 0.29) is 23.0 Å². The second kappa shape index (κ2) is 6.38. The van der Waals surface area contributed by atoms with Crippen LogP contribution < -0.4 is 9.47 Å². The van der Waals surface area contributed by atoms with Gasteiger partial charge in [0.2, 0.25) is 0 Å². The lowest BCUT2D eigenvalue weighted by Crippen LogP contribution is -2.08. The molecule has 0 bridgehead atoms. The van der Waals surface area contributed by atoms with Crippen LogP contribution in [-0.2, 0) is 0 Å². The minimum atomic E-state index is -0.569. The molecule has 0 spiro atoms. The molecule has 1 rings (SSSR count). The van der Waals surface area contributed by atoms with Gasteiger partial charge in [0, 0.05) is 12.5 Å². The summed E-state index contributed by atoms with van der Waals surface area (Å²) in [6.07, 6.45) is 1.23. The predicted molar refractivity (Wildman–Crippen MR) is 67.9 cm³/mol. The SMILES string of the molecule is CCC(C)CC(=O)c1cc(OC)c(OC)cc1F. The van der Waals surface area contributed by atoms with E-state index in [0.29, 0.717) is 12.2 Å². The van der Waals surface area contributed by atoms with Crippen LogP contribution in [0.15, 0.2) is 12.1 Å². The highest BCUT2D eigenvalue weighted by Gasteiger charge is 2.18. The Labute approximate surface area is 107 Å². The number of rotatable bonds is 6. The van der Waals surface area contributed by atoms with E-state index in [1.165, 1.54) is 26.4 Å². The maximum Gasteiger partial charge on any atom is 0.166 e. The van der Waals surface area contributed by atoms with Crippen molar-refractivity contribution in [2.75, 3.05) is 14.2 Å². The lowest BCUT2D eigenvalue weighted by Gasteiger charge is -2.12. The van der Waals surface area contributed by atoms with Crippen LogP contribution in [0.2, 0.25) is 0 Å². The van der Waals surface area contributed by atoms with Crippen LogP contribution in [0.25, 0.3) is 0 Å². The Kier molecular flexibility index (Phi) is 5.13. The number of carbonyl (C=O) groups is 1. The molecular weight excluding hydrogens is 235 g/mol. The molecule has 0 aliphatic carbocycles. The van der Waals surface area contributed by atoms with Gasteiger partial charge in [0.15, 0.2) is 17.3 Å². The lowest BCUT2D eigenvalue weighted by molar-refractivity contribution is 0.0959. The van der Waals surface area contributed by atoms with E-state index in [1.54, 1.807) is 0 Å². The zero-order chi connectivity index (χ0) is 13.7. The summed E-state index contributed by atoms with van der Waals surface area (Å²) in [5, 5.41) is 0. The van der Waals surface area contributed by atoms with Gasteiger partial charge < -0.3 is 9.47 Å². The Bertz CT molecular complexity index is 429. The molecule has 0 aromatic heterocycles. The monoisotopic (exact) mass is 254 g/mol. The molecule has 0 radical (unpaired) electrons. The number of ketones is 1. The summed E-state index contributed by atoms with van der Waals surface area (Å²) >= 11 is 0. The normalized spacial score (nSPS) is 12.1. The van der Waals surface area contributed by atoms with Crippen molar-refractivity contribution in [2.24, 2.45) is 5.92 Å². The zero-order valence-corrected chi connectivity index (χ0v) is 11.2. The van der Waals surface area contributed by atoms with E-state index in [9.17, 15) is 9.18 Å². The van der Waals surface area contributed by atoms with E-state index in [2.05, 4.69) is 0 Å². The molecule has 0 fully saturated rings. The average Bonchev–Trinajstić information content (AvgIpc) is 2.37. The van der Waals surface area contributed by atoms with Crippen molar-refractivity contribution in [1.29, 1.82) is 0 Å². The number of ether oxygens (including phenoxy) is 2. The van der Waals surface area contributed by atoms with Crippen molar-refractivity contribution in [3.05, 3.63) is 23.5 Å². The smallest absolute Gasteiger partial charge is 0.166 e. The van der Waals surface area contributed by atoms with Gasteiger partial charge >= 0.3 is 0 Å². The van der Waals surface area contributed by atoms with Crippen molar-refractivity contribution in [3.63, 3.8) is 0 Å².